The number of carbonyl (C=O) groups excluding carboxylic acids is 1. The minimum Gasteiger partial charge on any atom is -0.334 e. The van der Waals surface area contributed by atoms with Crippen LogP contribution >= 0.6 is 11.8 Å². The topological polar surface area (TPSA) is 61.9 Å². The predicted octanol–water partition coefficient (Wildman–Crippen LogP) is 5.37. The van der Waals surface area contributed by atoms with Crippen molar-refractivity contribution in [3.05, 3.63) is 102 Å². The summed E-state index contributed by atoms with van der Waals surface area (Å²) in [6, 6.07) is 28.3. The predicted molar refractivity (Wildman–Crippen MR) is 129 cm³/mol. The van der Waals surface area contributed by atoms with Crippen molar-refractivity contribution in [1.82, 2.24) is 20.1 Å². The molecule has 4 aromatic rings. The normalized spacial score (nSPS) is 11.0. The van der Waals surface area contributed by atoms with E-state index in [-0.39, 0.29) is 17.7 Å². The van der Waals surface area contributed by atoms with Crippen LogP contribution in [0, 0.1) is 0 Å². The summed E-state index contributed by atoms with van der Waals surface area (Å²) >= 11 is 1.34. The number of carbonyl (C=O) groups is 1. The molecule has 3 aromatic carbocycles. The molecule has 0 aliphatic heterocycles. The molecule has 5 nitrogen and oxygen atoms in total. The number of thioether (sulfide) groups is 1. The lowest BCUT2D eigenvalue weighted by Gasteiger charge is -2.29. The zero-order valence-corrected chi connectivity index (χ0v) is 19.0. The van der Waals surface area contributed by atoms with Crippen molar-refractivity contribution in [3.63, 3.8) is 0 Å². The van der Waals surface area contributed by atoms with E-state index in [1.54, 1.807) is 4.90 Å². The summed E-state index contributed by atoms with van der Waals surface area (Å²) in [6.45, 7) is 2.13. The maximum absolute atomic E-state index is 13.1. The number of aromatic amines is 1. The lowest BCUT2D eigenvalue weighted by molar-refractivity contribution is -0.128. The maximum atomic E-state index is 13.1. The number of hydrogen-bond donors (Lipinski definition) is 1. The number of hydrogen-bond acceptors (Lipinski definition) is 4. The van der Waals surface area contributed by atoms with Crippen molar-refractivity contribution >= 4 is 17.7 Å². The Morgan fingerprint density at radius 3 is 2.09 bits per heavy atom. The molecule has 0 radical (unpaired) electrons. The Labute approximate surface area is 192 Å². The fourth-order valence-corrected chi connectivity index (χ4v) is 4.34. The van der Waals surface area contributed by atoms with Gasteiger partial charge in [0.15, 0.2) is 5.82 Å². The van der Waals surface area contributed by atoms with Gasteiger partial charge in [0, 0.05) is 12.6 Å². The summed E-state index contributed by atoms with van der Waals surface area (Å²) in [5.41, 5.74) is 4.42. The van der Waals surface area contributed by atoms with Gasteiger partial charge in [0.1, 0.15) is 0 Å². The minimum atomic E-state index is -0.148. The number of nitrogens with one attached hydrogen (secondary N) is 1. The Morgan fingerprint density at radius 1 is 0.938 bits per heavy atom. The first-order valence-electron chi connectivity index (χ1n) is 10.7. The molecule has 0 spiro atoms. The quantitative estimate of drug-likeness (QED) is 0.373. The molecule has 0 bridgehead atoms. The molecule has 1 N–H and O–H groups in total. The first-order valence-corrected chi connectivity index (χ1v) is 11.6. The van der Waals surface area contributed by atoms with Gasteiger partial charge in [-0.15, -0.1) is 5.10 Å². The third-order valence-electron chi connectivity index (χ3n) is 5.44. The smallest absolute Gasteiger partial charge is 0.233 e. The van der Waals surface area contributed by atoms with Gasteiger partial charge in [-0.3, -0.25) is 9.89 Å². The molecule has 162 valence electrons. The van der Waals surface area contributed by atoms with Gasteiger partial charge in [-0.05, 0) is 23.1 Å². The molecule has 32 heavy (non-hydrogen) atoms. The third-order valence-corrected chi connectivity index (χ3v) is 6.27. The standard InChI is InChI=1S/C26H26N4OS/c1-3-19-14-16-22(17-15-19)25-27-26(29-28-25)32-18-23(31)30(2)24(20-10-6-4-7-11-20)21-12-8-5-9-13-21/h4-17,24H,3,18H2,1-2H3,(H,27,28,29). The second-order valence-electron chi connectivity index (χ2n) is 7.53. The van der Waals surface area contributed by atoms with Gasteiger partial charge in [0.2, 0.25) is 11.1 Å². The molecule has 0 aliphatic carbocycles. The maximum Gasteiger partial charge on any atom is 0.233 e. The van der Waals surface area contributed by atoms with Crippen LogP contribution in [0.3, 0.4) is 0 Å². The van der Waals surface area contributed by atoms with Crippen LogP contribution in [-0.2, 0) is 11.2 Å². The van der Waals surface area contributed by atoms with Gasteiger partial charge in [0.05, 0.1) is 11.8 Å². The summed E-state index contributed by atoms with van der Waals surface area (Å²) in [4.78, 5) is 19.4. The summed E-state index contributed by atoms with van der Waals surface area (Å²) in [5, 5.41) is 7.83. The number of aromatic nitrogens is 3. The van der Waals surface area contributed by atoms with Gasteiger partial charge in [-0.2, -0.15) is 0 Å². The Morgan fingerprint density at radius 2 is 1.53 bits per heavy atom. The number of amides is 1. The van der Waals surface area contributed by atoms with E-state index >= 15 is 0 Å². The lowest BCUT2D eigenvalue weighted by atomic mass is 9.97. The summed E-state index contributed by atoms with van der Waals surface area (Å²) < 4.78 is 0. The van der Waals surface area contributed by atoms with E-state index in [4.69, 9.17) is 0 Å². The average Bonchev–Trinajstić information content (AvgIpc) is 3.33. The van der Waals surface area contributed by atoms with E-state index in [0.29, 0.717) is 11.0 Å². The van der Waals surface area contributed by atoms with E-state index in [1.807, 2.05) is 55.6 Å². The Hall–Kier alpha value is -3.38. The number of nitrogens with zero attached hydrogens (tertiary/aromatic N) is 3. The Balaban J connectivity index is 1.45. The lowest BCUT2D eigenvalue weighted by Crippen LogP contribution is -2.33. The van der Waals surface area contributed by atoms with E-state index in [0.717, 1.165) is 23.1 Å². The van der Waals surface area contributed by atoms with E-state index in [1.165, 1.54) is 17.3 Å². The van der Waals surface area contributed by atoms with Gasteiger partial charge in [-0.1, -0.05) is 104 Å². The zero-order valence-electron chi connectivity index (χ0n) is 18.2. The fraction of sp³-hybridized carbons (Fsp3) is 0.192. The van der Waals surface area contributed by atoms with Crippen molar-refractivity contribution in [2.75, 3.05) is 12.8 Å². The Bertz CT molecular complexity index is 1100. The molecular formula is C26H26N4OS. The van der Waals surface area contributed by atoms with Crippen LogP contribution in [0.15, 0.2) is 90.1 Å². The molecular weight excluding hydrogens is 416 g/mol. The number of aryl methyl sites for hydroxylation is 1. The Kier molecular flexibility index (Phi) is 7.02. The van der Waals surface area contributed by atoms with Crippen molar-refractivity contribution < 1.29 is 4.79 Å². The second kappa shape index (κ2) is 10.3. The van der Waals surface area contributed by atoms with E-state index in [9.17, 15) is 4.79 Å². The number of benzene rings is 3. The summed E-state index contributed by atoms with van der Waals surface area (Å²) in [5.74, 6) is 0.993. The first kappa shape index (κ1) is 21.8. The van der Waals surface area contributed by atoms with Gasteiger partial charge in [-0.25, -0.2) is 4.98 Å². The summed E-state index contributed by atoms with van der Waals surface area (Å²) in [6.07, 6.45) is 1.00. The molecule has 0 unspecified atom stereocenters. The molecule has 0 atom stereocenters. The molecule has 0 fully saturated rings. The molecule has 0 aliphatic rings. The monoisotopic (exact) mass is 442 g/mol. The first-order chi connectivity index (χ1) is 15.7. The van der Waals surface area contributed by atoms with Gasteiger partial charge < -0.3 is 4.90 Å². The van der Waals surface area contributed by atoms with Crippen molar-refractivity contribution in [2.45, 2.75) is 24.5 Å². The van der Waals surface area contributed by atoms with E-state index < -0.39 is 0 Å². The molecule has 1 amide bonds. The summed E-state index contributed by atoms with van der Waals surface area (Å²) in [7, 11) is 1.85. The largest absolute Gasteiger partial charge is 0.334 e. The van der Waals surface area contributed by atoms with Crippen LogP contribution in [0.25, 0.3) is 11.4 Å². The van der Waals surface area contributed by atoms with Gasteiger partial charge in [0.25, 0.3) is 0 Å². The van der Waals surface area contributed by atoms with Crippen LogP contribution in [0.1, 0.15) is 29.7 Å². The molecule has 0 saturated heterocycles. The molecule has 6 heteroatoms. The van der Waals surface area contributed by atoms with E-state index in [2.05, 4.69) is 58.5 Å². The second-order valence-corrected chi connectivity index (χ2v) is 8.48. The third kappa shape index (κ3) is 5.08. The van der Waals surface area contributed by atoms with Crippen LogP contribution in [0.2, 0.25) is 0 Å². The molecule has 4 rings (SSSR count). The average molecular weight is 443 g/mol. The fourth-order valence-electron chi connectivity index (χ4n) is 3.62. The van der Waals surface area contributed by atoms with Crippen LogP contribution in [-0.4, -0.2) is 38.8 Å². The highest BCUT2D eigenvalue weighted by Crippen LogP contribution is 2.28. The number of rotatable bonds is 8. The zero-order chi connectivity index (χ0) is 22.3. The van der Waals surface area contributed by atoms with Crippen molar-refractivity contribution in [3.8, 4) is 11.4 Å². The molecule has 0 saturated carbocycles. The van der Waals surface area contributed by atoms with Crippen molar-refractivity contribution in [1.29, 1.82) is 0 Å². The van der Waals surface area contributed by atoms with Crippen LogP contribution < -0.4 is 0 Å². The highest BCUT2D eigenvalue weighted by Gasteiger charge is 2.23. The molecule has 1 heterocycles. The highest BCUT2D eigenvalue weighted by molar-refractivity contribution is 7.99. The SMILES string of the molecule is CCc1ccc(-c2nc(SCC(=O)N(C)C(c3ccccc3)c3ccccc3)n[nH]2)cc1. The van der Waals surface area contributed by atoms with Crippen molar-refractivity contribution in [2.24, 2.45) is 0 Å². The molecule has 1 aromatic heterocycles. The number of H-pyrrole nitrogens is 1. The minimum absolute atomic E-state index is 0.0198. The highest BCUT2D eigenvalue weighted by atomic mass is 32.2. The van der Waals surface area contributed by atoms with Crippen LogP contribution in [0.5, 0.6) is 0 Å². The van der Waals surface area contributed by atoms with Crippen LogP contribution in [0.4, 0.5) is 0 Å². The van der Waals surface area contributed by atoms with Gasteiger partial charge >= 0.3 is 0 Å².